The number of rotatable bonds is 10. The second-order valence-electron chi connectivity index (χ2n) is 9.89. The Morgan fingerprint density at radius 2 is 1.71 bits per heavy atom. The molecule has 0 aliphatic heterocycles. The van der Waals surface area contributed by atoms with Gasteiger partial charge in [-0.2, -0.15) is 0 Å². The Kier molecular flexibility index (Phi) is 8.36. The van der Waals surface area contributed by atoms with E-state index in [1.807, 2.05) is 17.8 Å². The molecule has 0 aliphatic carbocycles. The van der Waals surface area contributed by atoms with Crippen molar-refractivity contribution in [3.63, 3.8) is 0 Å². The number of anilines is 1. The monoisotopic (exact) mass is 498 g/mol. The zero-order valence-electron chi connectivity index (χ0n) is 20.8. The van der Waals surface area contributed by atoms with Gasteiger partial charge in [0.2, 0.25) is 5.95 Å². The van der Waals surface area contributed by atoms with Crippen LogP contribution in [0.25, 0.3) is 0 Å². The number of aryl methyl sites for hydroxylation is 1. The molecule has 182 valence electrons. The first kappa shape index (κ1) is 26.2. The minimum Gasteiger partial charge on any atom is -0.480 e. The molecular formula is C26H34N4O2S2. The fourth-order valence-corrected chi connectivity index (χ4v) is 5.46. The van der Waals surface area contributed by atoms with Crippen LogP contribution in [-0.2, 0) is 29.6 Å². The lowest BCUT2D eigenvalue weighted by molar-refractivity contribution is -0.138. The van der Waals surface area contributed by atoms with Crippen LogP contribution in [0.15, 0.2) is 46.4 Å². The molecule has 1 N–H and O–H groups in total. The number of aromatic nitrogens is 3. The summed E-state index contributed by atoms with van der Waals surface area (Å²) in [6.07, 6.45) is 5.41. The van der Waals surface area contributed by atoms with Crippen LogP contribution in [0.1, 0.15) is 63.9 Å². The summed E-state index contributed by atoms with van der Waals surface area (Å²) in [6, 6.07) is 8.75. The highest BCUT2D eigenvalue weighted by Gasteiger charge is 2.29. The topological polar surface area (TPSA) is 79.2 Å². The molecule has 0 saturated carbocycles. The van der Waals surface area contributed by atoms with Crippen LogP contribution in [0.4, 0.5) is 5.95 Å². The van der Waals surface area contributed by atoms with E-state index >= 15 is 0 Å². The van der Waals surface area contributed by atoms with Gasteiger partial charge in [0.15, 0.2) is 4.34 Å². The molecule has 0 radical (unpaired) electrons. The van der Waals surface area contributed by atoms with Crippen molar-refractivity contribution < 1.29 is 9.90 Å². The van der Waals surface area contributed by atoms with Gasteiger partial charge in [-0.05, 0) is 42.4 Å². The van der Waals surface area contributed by atoms with E-state index in [-0.39, 0.29) is 5.41 Å². The zero-order valence-corrected chi connectivity index (χ0v) is 22.5. The Labute approximate surface area is 210 Å². The summed E-state index contributed by atoms with van der Waals surface area (Å²) in [6.45, 7) is 13.6. The number of carboxylic acid groups (broad SMARTS) is 1. The molecular weight excluding hydrogens is 464 g/mol. The second-order valence-corrected chi connectivity index (χ2v) is 12.6. The molecule has 0 bridgehead atoms. The molecule has 0 saturated heterocycles. The number of thioether (sulfide) groups is 1. The van der Waals surface area contributed by atoms with Crippen LogP contribution in [0.5, 0.6) is 0 Å². The fourth-order valence-electron chi connectivity index (χ4n) is 3.24. The molecule has 3 aromatic rings. The van der Waals surface area contributed by atoms with Crippen molar-refractivity contribution in [1.29, 1.82) is 0 Å². The van der Waals surface area contributed by atoms with Gasteiger partial charge in [0, 0.05) is 37.3 Å². The number of carboxylic acids is 1. The molecule has 3 rings (SSSR count). The number of carbonyl (C=O) groups is 1. The predicted octanol–water partition coefficient (Wildman–Crippen LogP) is 6.00. The zero-order chi connectivity index (χ0) is 24.9. The Hall–Kier alpha value is -2.45. The molecule has 6 nitrogen and oxygen atoms in total. The highest BCUT2D eigenvalue weighted by molar-refractivity contribution is 8.02. The molecule has 0 fully saturated rings. The average Bonchev–Trinajstić information content (AvgIpc) is 3.23. The van der Waals surface area contributed by atoms with Gasteiger partial charge in [-0.1, -0.05) is 63.7 Å². The third-order valence-corrected chi connectivity index (χ3v) is 7.77. The molecule has 0 aliphatic rings. The van der Waals surface area contributed by atoms with Crippen LogP contribution < -0.4 is 4.90 Å². The lowest BCUT2D eigenvalue weighted by Crippen LogP contribution is -2.27. The summed E-state index contributed by atoms with van der Waals surface area (Å²) >= 11 is 2.78. The van der Waals surface area contributed by atoms with Crippen molar-refractivity contribution in [2.45, 2.75) is 75.4 Å². The van der Waals surface area contributed by atoms with E-state index in [4.69, 9.17) is 0 Å². The lowest BCUT2D eigenvalue weighted by Gasteiger charge is -2.24. The Morgan fingerprint density at radius 1 is 1.06 bits per heavy atom. The molecule has 0 unspecified atom stereocenters. The van der Waals surface area contributed by atoms with Crippen molar-refractivity contribution >= 4 is 35.0 Å². The van der Waals surface area contributed by atoms with Crippen LogP contribution >= 0.6 is 23.1 Å². The Morgan fingerprint density at radius 3 is 2.26 bits per heavy atom. The number of hydrogen-bond donors (Lipinski definition) is 1. The molecule has 0 spiro atoms. The maximum absolute atomic E-state index is 11.4. The molecule has 34 heavy (non-hydrogen) atoms. The Bertz CT molecular complexity index is 1090. The number of aliphatic carboxylic acids is 1. The van der Waals surface area contributed by atoms with E-state index in [2.05, 4.69) is 71.8 Å². The number of nitrogens with zero attached hydrogens (tertiary/aromatic N) is 4. The summed E-state index contributed by atoms with van der Waals surface area (Å²) in [4.78, 5) is 27.5. The highest BCUT2D eigenvalue weighted by atomic mass is 32.2. The van der Waals surface area contributed by atoms with Gasteiger partial charge in [-0.15, -0.1) is 11.3 Å². The number of hydrogen-bond acceptors (Lipinski definition) is 7. The quantitative estimate of drug-likeness (QED) is 0.344. The molecule has 8 heteroatoms. The normalized spacial score (nSPS) is 12.1. The maximum atomic E-state index is 11.4. The molecule has 0 atom stereocenters. The van der Waals surface area contributed by atoms with Gasteiger partial charge in [-0.25, -0.2) is 15.0 Å². The van der Waals surface area contributed by atoms with Crippen LogP contribution in [0.2, 0.25) is 0 Å². The second kappa shape index (κ2) is 10.9. The van der Waals surface area contributed by atoms with Gasteiger partial charge in [-0.3, -0.25) is 4.79 Å². The van der Waals surface area contributed by atoms with Gasteiger partial charge in [0.25, 0.3) is 0 Å². The Balaban J connectivity index is 1.75. The van der Waals surface area contributed by atoms with Crippen LogP contribution in [-0.4, -0.2) is 37.3 Å². The summed E-state index contributed by atoms with van der Waals surface area (Å²) in [5.41, 5.74) is 4.69. The summed E-state index contributed by atoms with van der Waals surface area (Å²) < 4.78 is -0.134. The van der Waals surface area contributed by atoms with Gasteiger partial charge < -0.3 is 10.0 Å². The van der Waals surface area contributed by atoms with E-state index in [0.29, 0.717) is 19.0 Å². The summed E-state index contributed by atoms with van der Waals surface area (Å²) in [7, 11) is 0. The van der Waals surface area contributed by atoms with E-state index in [0.717, 1.165) is 28.4 Å². The maximum Gasteiger partial charge on any atom is 0.319 e. The summed E-state index contributed by atoms with van der Waals surface area (Å²) in [5, 5.41) is 11.4. The van der Waals surface area contributed by atoms with Crippen molar-refractivity contribution in [3.05, 3.63) is 64.4 Å². The van der Waals surface area contributed by atoms with E-state index in [1.165, 1.54) is 34.2 Å². The highest BCUT2D eigenvalue weighted by Crippen LogP contribution is 2.34. The van der Waals surface area contributed by atoms with E-state index in [9.17, 15) is 9.90 Å². The number of benzene rings is 1. The van der Waals surface area contributed by atoms with Crippen molar-refractivity contribution in [1.82, 2.24) is 15.0 Å². The largest absolute Gasteiger partial charge is 0.480 e. The molecule has 0 amide bonds. The third-order valence-electron chi connectivity index (χ3n) is 5.60. The number of thiazole rings is 1. The van der Waals surface area contributed by atoms with Crippen LogP contribution in [0, 0.1) is 0 Å². The minimum atomic E-state index is -0.908. The predicted molar refractivity (Wildman–Crippen MR) is 141 cm³/mol. The van der Waals surface area contributed by atoms with E-state index < -0.39 is 10.7 Å². The average molecular weight is 499 g/mol. The molecule has 2 aromatic heterocycles. The SMILES string of the molecule is CCc1cnc(N(CCc2csc(SC(C)(C)C(=O)O)n2)Cc2ccc(C(C)(C)C)cc2)nc1. The lowest BCUT2D eigenvalue weighted by atomic mass is 9.87. The minimum absolute atomic E-state index is 0.118. The smallest absolute Gasteiger partial charge is 0.319 e. The fraction of sp³-hybridized carbons (Fsp3) is 0.462. The van der Waals surface area contributed by atoms with Gasteiger partial charge in [0.1, 0.15) is 4.75 Å². The molecule has 1 aromatic carbocycles. The van der Waals surface area contributed by atoms with Gasteiger partial charge in [0.05, 0.1) is 5.69 Å². The first-order chi connectivity index (χ1) is 16.0. The summed E-state index contributed by atoms with van der Waals surface area (Å²) in [5.74, 6) is -0.139. The van der Waals surface area contributed by atoms with Crippen molar-refractivity contribution in [2.75, 3.05) is 11.4 Å². The van der Waals surface area contributed by atoms with Crippen molar-refractivity contribution in [3.8, 4) is 0 Å². The molecule has 2 heterocycles. The standard InChI is InChI=1S/C26H34N4O2S2/c1-7-18-14-27-23(28-15-18)30(16-19-8-10-20(11-9-19)25(2,3)4)13-12-21-17-33-24(29-21)34-26(5,6)22(31)32/h8-11,14-15,17H,7,12-13,16H2,1-6H3,(H,31,32). The van der Waals surface area contributed by atoms with Crippen molar-refractivity contribution in [2.24, 2.45) is 0 Å². The van der Waals surface area contributed by atoms with Crippen LogP contribution in [0.3, 0.4) is 0 Å². The third kappa shape index (κ3) is 7.03. The first-order valence-electron chi connectivity index (χ1n) is 11.5. The first-order valence-corrected chi connectivity index (χ1v) is 13.2. The van der Waals surface area contributed by atoms with E-state index in [1.54, 1.807) is 13.8 Å². The van der Waals surface area contributed by atoms with Gasteiger partial charge >= 0.3 is 5.97 Å².